The maximum Gasteiger partial charge on any atom is 0.416 e. The maximum absolute atomic E-state index is 12.2. The van der Waals surface area contributed by atoms with Crippen molar-refractivity contribution in [2.75, 3.05) is 0 Å². The molecule has 0 radical (unpaired) electrons. The van der Waals surface area contributed by atoms with Gasteiger partial charge in [0.2, 0.25) is 0 Å². The third-order valence-electron chi connectivity index (χ3n) is 1.87. The molecule has 16 heavy (non-hydrogen) atoms. The van der Waals surface area contributed by atoms with E-state index in [1.54, 1.807) is 0 Å². The molecule has 0 aliphatic carbocycles. The summed E-state index contributed by atoms with van der Waals surface area (Å²) in [4.78, 5) is 10.7. The molecule has 0 unspecified atom stereocenters. The highest BCUT2D eigenvalue weighted by Gasteiger charge is 2.29. The van der Waals surface area contributed by atoms with Gasteiger partial charge in [-0.15, -0.1) is 6.42 Å². The lowest BCUT2D eigenvalue weighted by Crippen LogP contribution is -2.20. The zero-order valence-corrected chi connectivity index (χ0v) is 8.14. The molecule has 0 spiro atoms. The Hall–Kier alpha value is -1.96. The van der Waals surface area contributed by atoms with E-state index in [4.69, 9.17) is 6.42 Å². The van der Waals surface area contributed by atoms with Crippen molar-refractivity contribution >= 4 is 5.91 Å². The molecule has 1 aromatic rings. The number of carbonyl (C=O) groups is 1. The first kappa shape index (κ1) is 12.1. The van der Waals surface area contributed by atoms with Gasteiger partial charge in [-0.05, 0) is 23.6 Å². The summed E-state index contributed by atoms with van der Waals surface area (Å²) < 4.78 is 36.6. The van der Waals surface area contributed by atoms with E-state index in [1.807, 2.05) is 5.92 Å². The second-order valence-corrected chi connectivity index (χ2v) is 3.02. The molecular weight excluding hydrogens is 219 g/mol. The second kappa shape index (κ2) is 4.71. The van der Waals surface area contributed by atoms with Gasteiger partial charge >= 0.3 is 6.18 Å². The van der Waals surface area contributed by atoms with E-state index in [0.29, 0.717) is 5.56 Å². The lowest BCUT2D eigenvalue weighted by Gasteiger charge is -2.07. The van der Waals surface area contributed by atoms with Gasteiger partial charge in [-0.25, -0.2) is 0 Å². The fourth-order valence-corrected chi connectivity index (χ4v) is 1.04. The third kappa shape index (κ3) is 3.31. The second-order valence-electron chi connectivity index (χ2n) is 3.02. The summed E-state index contributed by atoms with van der Waals surface area (Å²) in [6.07, 6.45) is 0.460. The molecule has 1 aromatic carbocycles. The van der Waals surface area contributed by atoms with Gasteiger partial charge in [0.05, 0.1) is 5.56 Å². The number of hydrogen-bond donors (Lipinski definition) is 1. The Labute approximate surface area is 90.5 Å². The molecule has 0 aliphatic heterocycles. The minimum atomic E-state index is -4.35. The number of hydrogen-bond acceptors (Lipinski definition) is 1. The van der Waals surface area contributed by atoms with Crippen molar-refractivity contribution in [3.8, 4) is 12.3 Å². The highest BCUT2D eigenvalue weighted by molar-refractivity contribution is 5.92. The summed E-state index contributed by atoms with van der Waals surface area (Å²) in [6, 6.07) is 4.49. The molecule has 2 nitrogen and oxygen atoms in total. The Morgan fingerprint density at radius 3 is 2.31 bits per heavy atom. The average molecular weight is 227 g/mol. The van der Waals surface area contributed by atoms with Gasteiger partial charge in [0.1, 0.15) is 0 Å². The third-order valence-corrected chi connectivity index (χ3v) is 1.87. The molecule has 1 rings (SSSR count). The summed E-state index contributed by atoms with van der Waals surface area (Å²) >= 11 is 0. The number of carbonyl (C=O) groups excluding carboxylic acids is 1. The quantitative estimate of drug-likeness (QED) is 0.769. The molecular formula is C11H8F3NO. The van der Waals surface area contributed by atoms with Crippen molar-refractivity contribution in [3.63, 3.8) is 0 Å². The Balaban J connectivity index is 2.66. The fourth-order valence-electron chi connectivity index (χ4n) is 1.04. The predicted molar refractivity (Wildman–Crippen MR) is 52.1 cm³/mol. The predicted octanol–water partition coefficient (Wildman–Crippen LogP) is 1.95. The highest BCUT2D eigenvalue weighted by atomic mass is 19.4. The van der Waals surface area contributed by atoms with Gasteiger partial charge in [-0.1, -0.05) is 12.1 Å². The van der Waals surface area contributed by atoms with E-state index in [2.05, 4.69) is 5.32 Å². The Morgan fingerprint density at radius 2 is 1.88 bits per heavy atom. The van der Waals surface area contributed by atoms with Crippen molar-refractivity contribution in [1.29, 1.82) is 0 Å². The van der Waals surface area contributed by atoms with Crippen LogP contribution in [0, 0.1) is 12.3 Å². The van der Waals surface area contributed by atoms with Gasteiger partial charge < -0.3 is 5.32 Å². The maximum atomic E-state index is 12.2. The topological polar surface area (TPSA) is 29.1 Å². The van der Waals surface area contributed by atoms with Crippen LogP contribution in [0.4, 0.5) is 13.2 Å². The van der Waals surface area contributed by atoms with Gasteiger partial charge in [0.15, 0.2) is 0 Å². The van der Waals surface area contributed by atoms with Crippen LogP contribution in [0.5, 0.6) is 0 Å². The van der Waals surface area contributed by atoms with Crippen molar-refractivity contribution in [1.82, 2.24) is 5.32 Å². The molecule has 0 bridgehead atoms. The van der Waals surface area contributed by atoms with E-state index in [1.165, 1.54) is 12.1 Å². The molecule has 0 saturated carbocycles. The summed E-state index contributed by atoms with van der Waals surface area (Å²) in [7, 11) is 0. The van der Waals surface area contributed by atoms with Crippen molar-refractivity contribution in [2.24, 2.45) is 0 Å². The number of alkyl halides is 3. The Morgan fingerprint density at radius 1 is 1.31 bits per heavy atom. The molecule has 5 heteroatoms. The monoisotopic (exact) mass is 227 g/mol. The van der Waals surface area contributed by atoms with Crippen molar-refractivity contribution < 1.29 is 18.0 Å². The minimum absolute atomic E-state index is 0.112. The summed E-state index contributed by atoms with van der Waals surface area (Å²) in [5.41, 5.74) is -0.170. The van der Waals surface area contributed by atoms with Crippen LogP contribution in [-0.2, 0) is 17.5 Å². The number of halogens is 3. The first-order valence-electron chi connectivity index (χ1n) is 4.34. The molecule has 0 fully saturated rings. The normalized spacial score (nSPS) is 10.6. The molecule has 0 aliphatic rings. The number of nitrogens with one attached hydrogen (secondary N) is 1. The minimum Gasteiger partial charge on any atom is -0.341 e. The smallest absolute Gasteiger partial charge is 0.341 e. The number of rotatable bonds is 2. The summed E-state index contributed by atoms with van der Waals surface area (Å²) in [5, 5.41) is 2.35. The van der Waals surface area contributed by atoms with Gasteiger partial charge in [0, 0.05) is 6.54 Å². The molecule has 1 amide bonds. The first-order valence-corrected chi connectivity index (χ1v) is 4.34. The molecule has 0 atom stereocenters. The van der Waals surface area contributed by atoms with E-state index in [9.17, 15) is 18.0 Å². The summed E-state index contributed by atoms with van der Waals surface area (Å²) in [6.45, 7) is 0.112. The van der Waals surface area contributed by atoms with E-state index in [0.717, 1.165) is 12.1 Å². The first-order chi connectivity index (χ1) is 7.43. The average Bonchev–Trinajstić information content (AvgIpc) is 2.25. The zero-order chi connectivity index (χ0) is 12.2. The van der Waals surface area contributed by atoms with Crippen LogP contribution in [0.1, 0.15) is 11.1 Å². The summed E-state index contributed by atoms with van der Waals surface area (Å²) in [5.74, 6) is 1.24. The highest BCUT2D eigenvalue weighted by Crippen LogP contribution is 2.28. The van der Waals surface area contributed by atoms with Crippen LogP contribution in [0.3, 0.4) is 0 Å². The Kier molecular flexibility index (Phi) is 3.56. The molecule has 0 heterocycles. The van der Waals surface area contributed by atoms with E-state index >= 15 is 0 Å². The standard InChI is InChI=1S/C11H8F3NO/c1-2-10(16)15-7-8-3-5-9(6-4-8)11(12,13)14/h1,3-6H,7H2,(H,15,16). The number of amides is 1. The lowest BCUT2D eigenvalue weighted by atomic mass is 10.1. The van der Waals surface area contributed by atoms with Gasteiger partial charge in [-0.3, -0.25) is 4.79 Å². The molecule has 1 N–H and O–H groups in total. The molecule has 0 aromatic heterocycles. The van der Waals surface area contributed by atoms with Crippen LogP contribution >= 0.6 is 0 Å². The zero-order valence-electron chi connectivity index (χ0n) is 8.14. The van der Waals surface area contributed by atoms with Crippen molar-refractivity contribution in [2.45, 2.75) is 12.7 Å². The lowest BCUT2D eigenvalue weighted by molar-refractivity contribution is -0.137. The van der Waals surface area contributed by atoms with Crippen LogP contribution in [-0.4, -0.2) is 5.91 Å². The fraction of sp³-hybridized carbons (Fsp3) is 0.182. The SMILES string of the molecule is C#CC(=O)NCc1ccc(C(F)(F)F)cc1. The van der Waals surface area contributed by atoms with E-state index in [-0.39, 0.29) is 6.54 Å². The van der Waals surface area contributed by atoms with Crippen molar-refractivity contribution in [3.05, 3.63) is 35.4 Å². The van der Waals surface area contributed by atoms with Crippen LogP contribution in [0.25, 0.3) is 0 Å². The largest absolute Gasteiger partial charge is 0.416 e. The van der Waals surface area contributed by atoms with Gasteiger partial charge in [0.25, 0.3) is 5.91 Å². The van der Waals surface area contributed by atoms with Crippen LogP contribution in [0.2, 0.25) is 0 Å². The molecule has 0 saturated heterocycles. The van der Waals surface area contributed by atoms with Gasteiger partial charge in [-0.2, -0.15) is 13.2 Å². The van der Waals surface area contributed by atoms with Crippen LogP contribution in [0.15, 0.2) is 24.3 Å². The molecule has 84 valence electrons. The number of benzene rings is 1. The Bertz CT molecular complexity index is 414. The number of terminal acetylenes is 1. The van der Waals surface area contributed by atoms with Crippen LogP contribution < -0.4 is 5.32 Å². The van der Waals surface area contributed by atoms with E-state index < -0.39 is 17.6 Å².